The summed E-state index contributed by atoms with van der Waals surface area (Å²) >= 11 is 0. The molecule has 4 rings (SSSR count). The Morgan fingerprint density at radius 1 is 1.04 bits per heavy atom. The number of nitro groups is 1. The van der Waals surface area contributed by atoms with Crippen molar-refractivity contribution in [2.45, 2.75) is 0 Å². The van der Waals surface area contributed by atoms with Gasteiger partial charge in [0.05, 0.1) is 21.5 Å². The summed E-state index contributed by atoms with van der Waals surface area (Å²) in [6, 6.07) is 16.7. The van der Waals surface area contributed by atoms with Crippen LogP contribution < -0.4 is 0 Å². The lowest BCUT2D eigenvalue weighted by Gasteiger charge is -2.03. The predicted molar refractivity (Wildman–Crippen MR) is 90.3 cm³/mol. The minimum atomic E-state index is -0.349. The summed E-state index contributed by atoms with van der Waals surface area (Å²) in [6.45, 7) is 0. The molecule has 2 aromatic carbocycles. The zero-order valence-electron chi connectivity index (χ0n) is 12.4. The number of aromatic nitrogens is 2. The van der Waals surface area contributed by atoms with Crippen LogP contribution in [0.3, 0.4) is 0 Å². The Kier molecular flexibility index (Phi) is 2.87. The maximum absolute atomic E-state index is 11.4. The second-order valence-electron chi connectivity index (χ2n) is 5.47. The van der Waals surface area contributed by atoms with Crippen LogP contribution in [-0.4, -0.2) is 14.5 Å². The highest BCUT2D eigenvalue weighted by Crippen LogP contribution is 2.34. The van der Waals surface area contributed by atoms with Crippen molar-refractivity contribution in [2.24, 2.45) is 7.05 Å². The molecule has 5 heteroatoms. The number of benzene rings is 2. The van der Waals surface area contributed by atoms with Gasteiger partial charge in [-0.2, -0.15) is 0 Å². The zero-order chi connectivity index (χ0) is 16.0. The first-order chi connectivity index (χ1) is 11.1. The van der Waals surface area contributed by atoms with Gasteiger partial charge < -0.3 is 4.57 Å². The molecule has 0 unspecified atom stereocenters. The van der Waals surface area contributed by atoms with Gasteiger partial charge in [-0.15, -0.1) is 0 Å². The molecule has 112 valence electrons. The van der Waals surface area contributed by atoms with Crippen molar-refractivity contribution in [3.8, 4) is 11.3 Å². The quantitative estimate of drug-likeness (QED) is 0.409. The SMILES string of the molecule is Cn1cc(-c2cc([N+](=O)[O-])c3ccccc3n2)c2ccccc21. The minimum absolute atomic E-state index is 0.0820. The number of nitrogens with zero attached hydrogens (tertiary/aromatic N) is 3. The molecule has 0 fully saturated rings. The Balaban J connectivity index is 2.07. The normalized spacial score (nSPS) is 11.2. The average molecular weight is 303 g/mol. The van der Waals surface area contributed by atoms with E-state index in [0.29, 0.717) is 16.6 Å². The van der Waals surface area contributed by atoms with E-state index < -0.39 is 0 Å². The number of hydrogen-bond acceptors (Lipinski definition) is 3. The molecule has 0 atom stereocenters. The number of para-hydroxylation sites is 2. The maximum atomic E-state index is 11.4. The molecule has 0 spiro atoms. The highest BCUT2D eigenvalue weighted by Gasteiger charge is 2.17. The zero-order valence-corrected chi connectivity index (χ0v) is 12.4. The van der Waals surface area contributed by atoms with E-state index >= 15 is 0 Å². The third kappa shape index (κ3) is 2.05. The van der Waals surface area contributed by atoms with Crippen molar-refractivity contribution in [1.82, 2.24) is 9.55 Å². The van der Waals surface area contributed by atoms with Crippen LogP contribution in [0.5, 0.6) is 0 Å². The van der Waals surface area contributed by atoms with Crippen molar-refractivity contribution < 1.29 is 4.92 Å². The lowest BCUT2D eigenvalue weighted by Crippen LogP contribution is -1.93. The van der Waals surface area contributed by atoms with Crippen LogP contribution in [0, 0.1) is 10.1 Å². The summed E-state index contributed by atoms with van der Waals surface area (Å²) in [7, 11) is 1.96. The molecule has 0 amide bonds. The van der Waals surface area contributed by atoms with Gasteiger partial charge >= 0.3 is 0 Å². The van der Waals surface area contributed by atoms with Gasteiger partial charge in [0.2, 0.25) is 0 Å². The van der Waals surface area contributed by atoms with E-state index in [1.807, 2.05) is 48.1 Å². The van der Waals surface area contributed by atoms with E-state index in [9.17, 15) is 10.1 Å². The molecule has 0 bridgehead atoms. The molecule has 0 saturated carbocycles. The van der Waals surface area contributed by atoms with Crippen LogP contribution in [0.2, 0.25) is 0 Å². The lowest BCUT2D eigenvalue weighted by atomic mass is 10.1. The van der Waals surface area contributed by atoms with Gasteiger partial charge in [-0.25, -0.2) is 4.98 Å². The largest absolute Gasteiger partial charge is 0.350 e. The Labute approximate surface area is 132 Å². The molecular formula is C18H13N3O2. The molecule has 0 radical (unpaired) electrons. The van der Waals surface area contributed by atoms with Crippen LogP contribution in [-0.2, 0) is 7.05 Å². The molecule has 0 aliphatic carbocycles. The molecular weight excluding hydrogens is 290 g/mol. The highest BCUT2D eigenvalue weighted by molar-refractivity contribution is 5.98. The van der Waals surface area contributed by atoms with Crippen LogP contribution in [0.4, 0.5) is 5.69 Å². The fourth-order valence-electron chi connectivity index (χ4n) is 2.99. The number of rotatable bonds is 2. The summed E-state index contributed by atoms with van der Waals surface area (Å²) in [5.41, 5.74) is 3.30. The Bertz CT molecular complexity index is 1070. The summed E-state index contributed by atoms with van der Waals surface area (Å²) in [5, 5.41) is 13.0. The summed E-state index contributed by atoms with van der Waals surface area (Å²) in [6.07, 6.45) is 1.96. The number of aryl methyl sites for hydroxylation is 1. The Morgan fingerprint density at radius 3 is 2.52 bits per heavy atom. The van der Waals surface area contributed by atoms with Crippen LogP contribution in [0.15, 0.2) is 60.8 Å². The first kappa shape index (κ1) is 13.5. The number of hydrogen-bond donors (Lipinski definition) is 0. The minimum Gasteiger partial charge on any atom is -0.350 e. The van der Waals surface area contributed by atoms with Crippen LogP contribution in [0.1, 0.15) is 0 Å². The molecule has 0 N–H and O–H groups in total. The van der Waals surface area contributed by atoms with Gasteiger partial charge in [0.25, 0.3) is 5.69 Å². The van der Waals surface area contributed by atoms with Gasteiger partial charge in [0.15, 0.2) is 0 Å². The van der Waals surface area contributed by atoms with Crippen molar-refractivity contribution in [2.75, 3.05) is 0 Å². The van der Waals surface area contributed by atoms with Gasteiger partial charge in [-0.05, 0) is 18.2 Å². The predicted octanol–water partition coefficient (Wildman–Crippen LogP) is 4.30. The molecule has 0 saturated heterocycles. The highest BCUT2D eigenvalue weighted by atomic mass is 16.6. The second-order valence-corrected chi connectivity index (χ2v) is 5.47. The molecule has 2 aromatic heterocycles. The van der Waals surface area contributed by atoms with Gasteiger partial charge in [0.1, 0.15) is 0 Å². The van der Waals surface area contributed by atoms with Crippen molar-refractivity contribution in [3.63, 3.8) is 0 Å². The first-order valence-electron chi connectivity index (χ1n) is 7.24. The first-order valence-corrected chi connectivity index (χ1v) is 7.24. The topological polar surface area (TPSA) is 61.0 Å². The molecule has 23 heavy (non-hydrogen) atoms. The smallest absolute Gasteiger partial charge is 0.280 e. The maximum Gasteiger partial charge on any atom is 0.280 e. The monoisotopic (exact) mass is 303 g/mol. The van der Waals surface area contributed by atoms with Crippen molar-refractivity contribution >= 4 is 27.5 Å². The van der Waals surface area contributed by atoms with Gasteiger partial charge in [-0.1, -0.05) is 30.3 Å². The van der Waals surface area contributed by atoms with Gasteiger partial charge in [0, 0.05) is 35.8 Å². The third-order valence-corrected chi connectivity index (χ3v) is 4.06. The number of pyridine rings is 1. The van der Waals surface area contributed by atoms with E-state index in [1.54, 1.807) is 24.3 Å². The van der Waals surface area contributed by atoms with Crippen molar-refractivity contribution in [3.05, 3.63) is 70.9 Å². The van der Waals surface area contributed by atoms with E-state index in [2.05, 4.69) is 4.98 Å². The lowest BCUT2D eigenvalue weighted by molar-refractivity contribution is -0.383. The van der Waals surface area contributed by atoms with Crippen LogP contribution in [0.25, 0.3) is 33.1 Å². The van der Waals surface area contributed by atoms with Gasteiger partial charge in [-0.3, -0.25) is 10.1 Å². The molecule has 4 aromatic rings. The summed E-state index contributed by atoms with van der Waals surface area (Å²) in [5.74, 6) is 0. The number of fused-ring (bicyclic) bond motifs is 2. The summed E-state index contributed by atoms with van der Waals surface area (Å²) in [4.78, 5) is 15.7. The van der Waals surface area contributed by atoms with E-state index in [-0.39, 0.29) is 10.6 Å². The Hall–Kier alpha value is -3.21. The third-order valence-electron chi connectivity index (χ3n) is 4.06. The van der Waals surface area contributed by atoms with Crippen LogP contribution >= 0.6 is 0 Å². The molecule has 5 nitrogen and oxygen atoms in total. The van der Waals surface area contributed by atoms with E-state index in [4.69, 9.17) is 0 Å². The fraction of sp³-hybridized carbons (Fsp3) is 0.0556. The molecule has 2 heterocycles. The molecule has 0 aliphatic rings. The van der Waals surface area contributed by atoms with Crippen molar-refractivity contribution in [1.29, 1.82) is 0 Å². The average Bonchev–Trinajstić information content (AvgIpc) is 2.91. The molecule has 0 aliphatic heterocycles. The van der Waals surface area contributed by atoms with E-state index in [1.165, 1.54) is 0 Å². The standard InChI is InChI=1S/C18H13N3O2/c1-20-11-14(12-6-3-5-9-17(12)20)16-10-18(21(22)23)13-7-2-4-8-15(13)19-16/h2-11H,1H3. The second kappa shape index (κ2) is 4.91. The van der Waals surface area contributed by atoms with E-state index in [0.717, 1.165) is 16.5 Å². The summed E-state index contributed by atoms with van der Waals surface area (Å²) < 4.78 is 2.01. The fourth-order valence-corrected chi connectivity index (χ4v) is 2.99. The Morgan fingerprint density at radius 2 is 1.74 bits per heavy atom.